The van der Waals surface area contributed by atoms with Crippen LogP contribution in [0, 0.1) is 21.4 Å². The first-order chi connectivity index (χ1) is 9.55. The number of hydrogen-bond acceptors (Lipinski definition) is 5. The van der Waals surface area contributed by atoms with E-state index in [9.17, 15) is 15.4 Å². The summed E-state index contributed by atoms with van der Waals surface area (Å²) >= 11 is 0. The van der Waals surface area contributed by atoms with E-state index >= 15 is 0 Å². The second-order valence-electron chi connectivity index (χ2n) is 5.09. The van der Waals surface area contributed by atoms with E-state index in [2.05, 4.69) is 11.0 Å². The minimum absolute atomic E-state index is 0.0683. The number of rotatable bonds is 4. The van der Waals surface area contributed by atoms with Crippen molar-refractivity contribution >= 4 is 5.69 Å². The first-order valence-electron chi connectivity index (χ1n) is 6.52. The zero-order valence-corrected chi connectivity index (χ0v) is 11.4. The van der Waals surface area contributed by atoms with Crippen LogP contribution in [-0.2, 0) is 11.2 Å². The maximum atomic E-state index is 10.6. The van der Waals surface area contributed by atoms with E-state index in [1.165, 1.54) is 12.1 Å². The average molecular weight is 275 g/mol. The van der Waals surface area contributed by atoms with E-state index in [4.69, 9.17) is 4.74 Å². The third-order valence-electron chi connectivity index (χ3n) is 3.65. The molecule has 0 N–H and O–H groups in total. The van der Waals surface area contributed by atoms with E-state index in [1.54, 1.807) is 12.1 Å². The number of hydrogen-bond donors (Lipinski definition) is 0. The Morgan fingerprint density at radius 3 is 2.50 bits per heavy atom. The number of benzene rings is 1. The molecule has 1 aromatic carbocycles. The molecule has 1 aliphatic rings. The Morgan fingerprint density at radius 2 is 2.00 bits per heavy atom. The summed E-state index contributed by atoms with van der Waals surface area (Å²) < 4.78 is 5.31. The highest BCUT2D eigenvalue weighted by Crippen LogP contribution is 2.23. The van der Waals surface area contributed by atoms with Crippen LogP contribution in [0.2, 0.25) is 0 Å². The fraction of sp³-hybridized carbons (Fsp3) is 0.500. The lowest BCUT2D eigenvalue weighted by atomic mass is 9.92. The monoisotopic (exact) mass is 275 g/mol. The largest absolute Gasteiger partial charge is 0.379 e. The van der Waals surface area contributed by atoms with Crippen molar-refractivity contribution in [3.8, 4) is 6.07 Å². The van der Waals surface area contributed by atoms with Crippen molar-refractivity contribution in [2.75, 3.05) is 26.3 Å². The SMILES string of the molecule is CC(C#N)(Cc1ccc([N+](=O)[O-])cc1)N1CCOCC1. The third kappa shape index (κ3) is 3.13. The van der Waals surface area contributed by atoms with Crippen molar-refractivity contribution in [3.63, 3.8) is 0 Å². The van der Waals surface area contributed by atoms with Crippen LogP contribution >= 0.6 is 0 Å². The molecule has 0 spiro atoms. The van der Waals surface area contributed by atoms with Crippen LogP contribution in [0.15, 0.2) is 24.3 Å². The summed E-state index contributed by atoms with van der Waals surface area (Å²) in [6.45, 7) is 4.64. The van der Waals surface area contributed by atoms with Gasteiger partial charge in [0.25, 0.3) is 5.69 Å². The summed E-state index contributed by atoms with van der Waals surface area (Å²) in [7, 11) is 0. The van der Waals surface area contributed by atoms with Crippen molar-refractivity contribution in [2.24, 2.45) is 0 Å². The molecule has 0 saturated carbocycles. The lowest BCUT2D eigenvalue weighted by molar-refractivity contribution is -0.384. The smallest absolute Gasteiger partial charge is 0.269 e. The van der Waals surface area contributed by atoms with Gasteiger partial charge in [0.2, 0.25) is 0 Å². The van der Waals surface area contributed by atoms with E-state index < -0.39 is 10.5 Å². The number of nitro benzene ring substituents is 1. The molecule has 20 heavy (non-hydrogen) atoms. The van der Waals surface area contributed by atoms with Crippen LogP contribution in [-0.4, -0.2) is 41.7 Å². The maximum Gasteiger partial charge on any atom is 0.269 e. The van der Waals surface area contributed by atoms with Crippen LogP contribution in [0.3, 0.4) is 0 Å². The summed E-state index contributed by atoms with van der Waals surface area (Å²) in [6, 6.07) is 8.76. The molecular weight excluding hydrogens is 258 g/mol. The number of non-ortho nitro benzene ring substituents is 1. The zero-order chi connectivity index (χ0) is 14.6. The molecule has 2 rings (SSSR count). The molecule has 0 amide bonds. The topological polar surface area (TPSA) is 79.4 Å². The molecule has 6 heteroatoms. The second-order valence-corrected chi connectivity index (χ2v) is 5.09. The molecule has 1 heterocycles. The summed E-state index contributed by atoms with van der Waals surface area (Å²) in [5.74, 6) is 0. The molecule has 0 bridgehead atoms. The normalized spacial score (nSPS) is 19.0. The van der Waals surface area contributed by atoms with E-state index in [0.29, 0.717) is 19.6 Å². The highest BCUT2D eigenvalue weighted by atomic mass is 16.6. The van der Waals surface area contributed by atoms with Gasteiger partial charge < -0.3 is 4.74 Å². The highest BCUT2D eigenvalue weighted by Gasteiger charge is 2.33. The van der Waals surface area contributed by atoms with Gasteiger partial charge in [0, 0.05) is 31.6 Å². The molecule has 0 aliphatic carbocycles. The van der Waals surface area contributed by atoms with Crippen LogP contribution in [0.5, 0.6) is 0 Å². The molecule has 1 aromatic rings. The molecule has 106 valence electrons. The Bertz CT molecular complexity index is 517. The van der Waals surface area contributed by atoms with Gasteiger partial charge >= 0.3 is 0 Å². The minimum atomic E-state index is -0.611. The highest BCUT2D eigenvalue weighted by molar-refractivity contribution is 5.34. The Hall–Kier alpha value is -1.97. The van der Waals surface area contributed by atoms with Crippen LogP contribution in [0.1, 0.15) is 12.5 Å². The molecule has 1 saturated heterocycles. The fourth-order valence-electron chi connectivity index (χ4n) is 2.41. The van der Waals surface area contributed by atoms with Gasteiger partial charge in [0.1, 0.15) is 5.54 Å². The van der Waals surface area contributed by atoms with E-state index in [1.807, 2.05) is 6.92 Å². The minimum Gasteiger partial charge on any atom is -0.379 e. The van der Waals surface area contributed by atoms with Crippen LogP contribution in [0.25, 0.3) is 0 Å². The average Bonchev–Trinajstić information content (AvgIpc) is 2.48. The van der Waals surface area contributed by atoms with Gasteiger partial charge in [-0.2, -0.15) is 5.26 Å². The Kier molecular flexibility index (Phi) is 4.32. The third-order valence-corrected chi connectivity index (χ3v) is 3.65. The zero-order valence-electron chi connectivity index (χ0n) is 11.4. The van der Waals surface area contributed by atoms with Crippen molar-refractivity contribution < 1.29 is 9.66 Å². The molecule has 6 nitrogen and oxygen atoms in total. The Labute approximate surface area is 117 Å². The Balaban J connectivity index is 2.12. The quantitative estimate of drug-likeness (QED) is 0.618. The molecule has 0 radical (unpaired) electrons. The lowest BCUT2D eigenvalue weighted by Crippen LogP contribution is -2.52. The van der Waals surface area contributed by atoms with E-state index in [-0.39, 0.29) is 5.69 Å². The van der Waals surface area contributed by atoms with E-state index in [0.717, 1.165) is 18.7 Å². The molecule has 1 fully saturated rings. The first kappa shape index (κ1) is 14.4. The van der Waals surface area contributed by atoms with Crippen molar-refractivity contribution in [3.05, 3.63) is 39.9 Å². The van der Waals surface area contributed by atoms with Crippen molar-refractivity contribution in [2.45, 2.75) is 18.9 Å². The summed E-state index contributed by atoms with van der Waals surface area (Å²) in [5.41, 5.74) is 0.379. The van der Waals surface area contributed by atoms with Gasteiger partial charge in [0.05, 0.1) is 24.2 Å². The molecule has 0 aromatic heterocycles. The van der Waals surface area contributed by atoms with Gasteiger partial charge in [-0.05, 0) is 12.5 Å². The fourth-order valence-corrected chi connectivity index (χ4v) is 2.41. The predicted molar refractivity (Wildman–Crippen MR) is 73.2 cm³/mol. The van der Waals surface area contributed by atoms with Crippen molar-refractivity contribution in [1.29, 1.82) is 5.26 Å². The summed E-state index contributed by atoms with van der Waals surface area (Å²) in [4.78, 5) is 12.3. The number of ether oxygens (including phenoxy) is 1. The van der Waals surface area contributed by atoms with Gasteiger partial charge in [-0.3, -0.25) is 15.0 Å². The lowest BCUT2D eigenvalue weighted by Gasteiger charge is -2.38. The van der Waals surface area contributed by atoms with Crippen LogP contribution < -0.4 is 0 Å². The number of nitro groups is 1. The number of morpholine rings is 1. The molecule has 1 atom stereocenters. The van der Waals surface area contributed by atoms with Gasteiger partial charge in [0.15, 0.2) is 0 Å². The summed E-state index contributed by atoms with van der Waals surface area (Å²) in [5, 5.41) is 20.1. The first-order valence-corrected chi connectivity index (χ1v) is 6.52. The number of nitriles is 1. The van der Waals surface area contributed by atoms with Crippen molar-refractivity contribution in [1.82, 2.24) is 4.90 Å². The standard InChI is InChI=1S/C14H17N3O3/c1-14(11-15,16-6-8-20-9-7-16)10-12-2-4-13(5-3-12)17(18)19/h2-5H,6-10H2,1H3. The van der Waals surface area contributed by atoms with Gasteiger partial charge in [-0.15, -0.1) is 0 Å². The van der Waals surface area contributed by atoms with Crippen LogP contribution in [0.4, 0.5) is 5.69 Å². The molecule has 1 unspecified atom stereocenters. The Morgan fingerprint density at radius 1 is 1.40 bits per heavy atom. The van der Waals surface area contributed by atoms with Gasteiger partial charge in [-0.1, -0.05) is 12.1 Å². The number of nitrogens with zero attached hydrogens (tertiary/aromatic N) is 3. The maximum absolute atomic E-state index is 10.6. The second kappa shape index (κ2) is 5.99. The van der Waals surface area contributed by atoms with Gasteiger partial charge in [-0.25, -0.2) is 0 Å². The summed E-state index contributed by atoms with van der Waals surface area (Å²) in [6.07, 6.45) is 0.543. The molecular formula is C14H17N3O3. The molecule has 1 aliphatic heterocycles. The predicted octanol–water partition coefficient (Wildman–Crippen LogP) is 1.75.